The molecule has 8 nitrogen and oxygen atoms in total. The van der Waals surface area contributed by atoms with Gasteiger partial charge in [0.15, 0.2) is 0 Å². The van der Waals surface area contributed by atoms with Gasteiger partial charge in [-0.1, -0.05) is 17.7 Å². The summed E-state index contributed by atoms with van der Waals surface area (Å²) in [5, 5.41) is 17.1. The van der Waals surface area contributed by atoms with Gasteiger partial charge in [0, 0.05) is 25.2 Å². The van der Waals surface area contributed by atoms with Crippen LogP contribution in [0.15, 0.2) is 18.2 Å². The van der Waals surface area contributed by atoms with Gasteiger partial charge in [-0.2, -0.15) is 0 Å². The van der Waals surface area contributed by atoms with Gasteiger partial charge in [0.25, 0.3) is 11.6 Å². The minimum atomic E-state index is -0.721. The first-order valence-corrected chi connectivity index (χ1v) is 9.55. The number of nitro benzene ring substituents is 1. The van der Waals surface area contributed by atoms with Crippen LogP contribution in [-0.2, 0) is 4.79 Å². The third-order valence-corrected chi connectivity index (χ3v) is 5.37. The molecule has 9 heteroatoms. The smallest absolute Gasteiger partial charge is 0.283 e. The highest BCUT2D eigenvalue weighted by molar-refractivity contribution is 6.34. The molecule has 1 saturated heterocycles. The van der Waals surface area contributed by atoms with Crippen molar-refractivity contribution >= 4 is 29.1 Å². The average Bonchev–Trinajstić information content (AvgIpc) is 3.48. The summed E-state index contributed by atoms with van der Waals surface area (Å²) in [6, 6.07) is 4.46. The Labute approximate surface area is 162 Å². The van der Waals surface area contributed by atoms with Crippen LogP contribution < -0.4 is 10.6 Å². The molecule has 146 valence electrons. The first-order valence-electron chi connectivity index (χ1n) is 9.18. The van der Waals surface area contributed by atoms with Crippen molar-refractivity contribution in [3.63, 3.8) is 0 Å². The minimum absolute atomic E-state index is 0.0169. The number of rotatable bonds is 7. The van der Waals surface area contributed by atoms with E-state index in [1.54, 1.807) is 4.90 Å². The van der Waals surface area contributed by atoms with Crippen LogP contribution in [0.25, 0.3) is 0 Å². The van der Waals surface area contributed by atoms with E-state index in [0.717, 1.165) is 25.3 Å². The van der Waals surface area contributed by atoms with E-state index < -0.39 is 10.8 Å². The molecule has 0 bridgehead atoms. The van der Waals surface area contributed by atoms with Crippen molar-refractivity contribution in [1.82, 2.24) is 15.5 Å². The van der Waals surface area contributed by atoms with Crippen LogP contribution in [0.2, 0.25) is 5.02 Å². The van der Waals surface area contributed by atoms with Gasteiger partial charge in [-0.05, 0) is 44.2 Å². The van der Waals surface area contributed by atoms with E-state index in [-0.39, 0.29) is 28.7 Å². The van der Waals surface area contributed by atoms with E-state index in [1.165, 1.54) is 31.0 Å². The summed E-state index contributed by atoms with van der Waals surface area (Å²) in [5.74, 6) is -0.0888. The lowest BCUT2D eigenvalue weighted by Gasteiger charge is -2.32. The predicted molar refractivity (Wildman–Crippen MR) is 101 cm³/mol. The Hall–Kier alpha value is -2.19. The number of amides is 2. The molecule has 0 atom stereocenters. The van der Waals surface area contributed by atoms with E-state index in [0.29, 0.717) is 19.1 Å². The highest BCUT2D eigenvalue weighted by atomic mass is 35.5. The van der Waals surface area contributed by atoms with E-state index >= 15 is 0 Å². The van der Waals surface area contributed by atoms with Crippen LogP contribution in [0.5, 0.6) is 0 Å². The van der Waals surface area contributed by atoms with Crippen molar-refractivity contribution in [2.24, 2.45) is 5.92 Å². The van der Waals surface area contributed by atoms with E-state index in [1.807, 2.05) is 0 Å². The number of halogens is 1. The first-order chi connectivity index (χ1) is 13.0. The third kappa shape index (κ3) is 5.17. The second kappa shape index (κ2) is 8.67. The van der Waals surface area contributed by atoms with Gasteiger partial charge in [0.05, 0.1) is 16.5 Å². The number of nitrogens with one attached hydrogen (secondary N) is 2. The van der Waals surface area contributed by atoms with Crippen LogP contribution in [0.3, 0.4) is 0 Å². The van der Waals surface area contributed by atoms with Gasteiger partial charge < -0.3 is 15.5 Å². The van der Waals surface area contributed by atoms with Gasteiger partial charge in [0.1, 0.15) is 5.56 Å². The lowest BCUT2D eigenvalue weighted by molar-refractivity contribution is -0.385. The van der Waals surface area contributed by atoms with Gasteiger partial charge in [-0.15, -0.1) is 0 Å². The molecule has 27 heavy (non-hydrogen) atoms. The Morgan fingerprint density at radius 1 is 1.22 bits per heavy atom. The summed E-state index contributed by atoms with van der Waals surface area (Å²) in [6.45, 7) is 2.14. The topological polar surface area (TPSA) is 105 Å². The molecule has 0 unspecified atom stereocenters. The third-order valence-electron chi connectivity index (χ3n) is 5.06. The monoisotopic (exact) mass is 394 g/mol. The highest BCUT2D eigenvalue weighted by Gasteiger charge is 2.27. The Balaban J connectivity index is 1.48. The van der Waals surface area contributed by atoms with Crippen LogP contribution in [0.1, 0.15) is 36.0 Å². The minimum Gasteiger partial charge on any atom is -0.343 e. The molecule has 1 aromatic carbocycles. The molecule has 1 heterocycles. The normalized spacial score (nSPS) is 17.6. The van der Waals surface area contributed by atoms with Crippen LogP contribution >= 0.6 is 11.6 Å². The number of hydrogen-bond acceptors (Lipinski definition) is 5. The number of carbonyl (C=O) groups is 2. The van der Waals surface area contributed by atoms with Crippen LogP contribution in [0.4, 0.5) is 5.69 Å². The molecule has 0 radical (unpaired) electrons. The number of likely N-dealkylation sites (tertiary alicyclic amines) is 1. The summed E-state index contributed by atoms with van der Waals surface area (Å²) in [6.07, 6.45) is 4.41. The average molecular weight is 395 g/mol. The van der Waals surface area contributed by atoms with Crippen LogP contribution in [0, 0.1) is 16.0 Å². The van der Waals surface area contributed by atoms with Crippen molar-refractivity contribution < 1.29 is 14.5 Å². The molecule has 0 spiro atoms. The van der Waals surface area contributed by atoms with Gasteiger partial charge in [0.2, 0.25) is 5.91 Å². The molecule has 1 aromatic rings. The number of nitrogens with zero attached hydrogens (tertiary/aromatic N) is 2. The SMILES string of the molecule is O=C(NCC(=O)N1CCC(NCC2CC2)CC1)c1c(Cl)cccc1[N+](=O)[O-]. The molecule has 1 aliphatic heterocycles. The fourth-order valence-electron chi connectivity index (χ4n) is 3.23. The zero-order valence-electron chi connectivity index (χ0n) is 14.9. The number of piperidine rings is 1. The second-order valence-electron chi connectivity index (χ2n) is 7.08. The van der Waals surface area contributed by atoms with Crippen molar-refractivity contribution in [1.29, 1.82) is 0 Å². The number of carbonyl (C=O) groups excluding carboxylic acids is 2. The second-order valence-corrected chi connectivity index (χ2v) is 7.49. The maximum Gasteiger partial charge on any atom is 0.283 e. The van der Waals surface area contributed by atoms with Crippen molar-refractivity contribution in [2.45, 2.75) is 31.7 Å². The molecule has 1 aliphatic carbocycles. The van der Waals surface area contributed by atoms with Crippen molar-refractivity contribution in [3.05, 3.63) is 38.9 Å². The fourth-order valence-corrected chi connectivity index (χ4v) is 3.49. The first kappa shape index (κ1) is 19.6. The molecule has 2 N–H and O–H groups in total. The Morgan fingerprint density at radius 3 is 2.56 bits per heavy atom. The van der Waals surface area contributed by atoms with E-state index in [9.17, 15) is 19.7 Å². The standard InChI is InChI=1S/C18H23ClN4O4/c19-14-2-1-3-15(23(26)27)17(14)18(25)21-11-16(24)22-8-6-13(7-9-22)20-10-12-4-5-12/h1-3,12-13,20H,4-11H2,(H,21,25). The molecular formula is C18H23ClN4O4. The van der Waals surface area contributed by atoms with Gasteiger partial charge in [-0.3, -0.25) is 19.7 Å². The fraction of sp³-hybridized carbons (Fsp3) is 0.556. The molecule has 3 rings (SSSR count). The Kier molecular flexibility index (Phi) is 6.28. The lowest BCUT2D eigenvalue weighted by Crippen LogP contribution is -2.48. The molecule has 2 fully saturated rings. The number of hydrogen-bond donors (Lipinski definition) is 2. The van der Waals surface area contributed by atoms with E-state index in [4.69, 9.17) is 11.6 Å². The zero-order chi connectivity index (χ0) is 19.4. The highest BCUT2D eigenvalue weighted by Crippen LogP contribution is 2.28. The zero-order valence-corrected chi connectivity index (χ0v) is 15.7. The van der Waals surface area contributed by atoms with Gasteiger partial charge in [-0.25, -0.2) is 0 Å². The van der Waals surface area contributed by atoms with Gasteiger partial charge >= 0.3 is 0 Å². The quantitative estimate of drug-likeness (QED) is 0.543. The predicted octanol–water partition coefficient (Wildman–Crippen LogP) is 1.97. The lowest BCUT2D eigenvalue weighted by atomic mass is 10.0. The molecule has 2 amide bonds. The number of nitro groups is 1. The maximum atomic E-state index is 12.3. The molecule has 0 aromatic heterocycles. The molecule has 2 aliphatic rings. The summed E-state index contributed by atoms with van der Waals surface area (Å²) in [5.41, 5.74) is -0.602. The summed E-state index contributed by atoms with van der Waals surface area (Å²) < 4.78 is 0. The van der Waals surface area contributed by atoms with Crippen molar-refractivity contribution in [3.8, 4) is 0 Å². The Bertz CT molecular complexity index is 730. The van der Waals surface area contributed by atoms with Crippen molar-refractivity contribution in [2.75, 3.05) is 26.2 Å². The largest absolute Gasteiger partial charge is 0.343 e. The van der Waals surface area contributed by atoms with Crippen LogP contribution in [-0.4, -0.2) is 53.9 Å². The molecule has 1 saturated carbocycles. The number of benzene rings is 1. The maximum absolute atomic E-state index is 12.3. The van der Waals surface area contributed by atoms with E-state index in [2.05, 4.69) is 10.6 Å². The Morgan fingerprint density at radius 2 is 1.93 bits per heavy atom. The summed E-state index contributed by atoms with van der Waals surface area (Å²) >= 11 is 5.94. The molecular weight excluding hydrogens is 372 g/mol. The summed E-state index contributed by atoms with van der Waals surface area (Å²) in [4.78, 5) is 36.8. The summed E-state index contributed by atoms with van der Waals surface area (Å²) in [7, 11) is 0.